The lowest BCUT2D eigenvalue weighted by Gasteiger charge is -2.27. The molecule has 0 atom stereocenters. The first-order valence-corrected chi connectivity index (χ1v) is 8.41. The number of thiocarbonyl (C=S) groups is 1. The van der Waals surface area contributed by atoms with Crippen LogP contribution in [0.1, 0.15) is 16.7 Å². The Labute approximate surface area is 156 Å². The van der Waals surface area contributed by atoms with Crippen LogP contribution in [0, 0.1) is 13.8 Å². The Morgan fingerprint density at radius 1 is 1.12 bits per heavy atom. The molecule has 2 aromatic rings. The van der Waals surface area contributed by atoms with Gasteiger partial charge in [0.05, 0.1) is 7.11 Å². The highest BCUT2D eigenvalue weighted by molar-refractivity contribution is 7.80. The maximum absolute atomic E-state index is 13.0. The van der Waals surface area contributed by atoms with E-state index in [-0.39, 0.29) is 11.7 Å². The van der Waals surface area contributed by atoms with E-state index in [1.807, 2.05) is 32.0 Å². The second-order valence-corrected chi connectivity index (χ2v) is 6.45. The van der Waals surface area contributed by atoms with E-state index in [0.717, 1.165) is 16.0 Å². The van der Waals surface area contributed by atoms with Crippen molar-refractivity contribution in [3.63, 3.8) is 0 Å². The highest BCUT2D eigenvalue weighted by Crippen LogP contribution is 2.22. The molecular weight excluding hydrogens is 361 g/mol. The second-order valence-electron chi connectivity index (χ2n) is 6.07. The van der Waals surface area contributed by atoms with E-state index in [0.29, 0.717) is 17.0 Å². The average Bonchev–Trinajstić information content (AvgIpc) is 2.57. The largest absolute Gasteiger partial charge is 0.497 e. The van der Waals surface area contributed by atoms with Crippen molar-refractivity contribution < 1.29 is 17.9 Å². The molecule has 2 aromatic carbocycles. The summed E-state index contributed by atoms with van der Waals surface area (Å²) in [4.78, 5) is 1.11. The van der Waals surface area contributed by atoms with Gasteiger partial charge in [-0.25, -0.2) is 0 Å². The molecule has 3 nitrogen and oxygen atoms in total. The Morgan fingerprint density at radius 2 is 1.77 bits per heavy atom. The van der Waals surface area contributed by atoms with Crippen LogP contribution in [0.4, 0.5) is 18.9 Å². The number of nitrogens with zero attached hydrogens (tertiary/aromatic N) is 1. The zero-order chi connectivity index (χ0) is 19.3. The van der Waals surface area contributed by atoms with Crippen LogP contribution in [0.15, 0.2) is 42.5 Å². The molecule has 7 heteroatoms. The number of aryl methyl sites for hydroxylation is 2. The molecule has 140 valence electrons. The lowest BCUT2D eigenvalue weighted by Crippen LogP contribution is -2.41. The summed E-state index contributed by atoms with van der Waals surface area (Å²) in [6.07, 6.45) is -4.36. The third kappa shape index (κ3) is 5.91. The maximum Gasteiger partial charge on any atom is 0.406 e. The van der Waals surface area contributed by atoms with Gasteiger partial charge in [0.2, 0.25) is 0 Å². The van der Waals surface area contributed by atoms with Crippen molar-refractivity contribution >= 4 is 23.0 Å². The molecule has 0 heterocycles. The second kappa shape index (κ2) is 8.40. The number of alkyl halides is 3. The summed E-state index contributed by atoms with van der Waals surface area (Å²) in [6.45, 7) is 2.70. The van der Waals surface area contributed by atoms with Gasteiger partial charge in [0.15, 0.2) is 5.11 Å². The van der Waals surface area contributed by atoms with E-state index >= 15 is 0 Å². The van der Waals surface area contributed by atoms with Gasteiger partial charge in [0.1, 0.15) is 12.3 Å². The third-order valence-electron chi connectivity index (χ3n) is 3.82. The normalized spacial score (nSPS) is 11.2. The van der Waals surface area contributed by atoms with E-state index in [4.69, 9.17) is 17.0 Å². The number of hydrogen-bond donors (Lipinski definition) is 1. The Balaban J connectivity index is 2.19. The first-order chi connectivity index (χ1) is 12.2. The summed E-state index contributed by atoms with van der Waals surface area (Å²) in [7, 11) is 1.54. The van der Waals surface area contributed by atoms with Gasteiger partial charge in [0, 0.05) is 12.2 Å². The van der Waals surface area contributed by atoms with Gasteiger partial charge in [-0.3, -0.25) is 0 Å². The predicted octanol–water partition coefficient (Wildman–Crippen LogP) is 5.07. The van der Waals surface area contributed by atoms with Crippen molar-refractivity contribution in [1.82, 2.24) is 4.90 Å². The van der Waals surface area contributed by atoms with Crippen molar-refractivity contribution in [3.8, 4) is 5.75 Å². The number of hydrogen-bond acceptors (Lipinski definition) is 2. The fourth-order valence-electron chi connectivity index (χ4n) is 2.43. The molecule has 0 aliphatic rings. The number of halogens is 3. The molecule has 0 aliphatic heterocycles. The highest BCUT2D eigenvalue weighted by Gasteiger charge is 2.32. The first kappa shape index (κ1) is 20.0. The van der Waals surface area contributed by atoms with E-state index < -0.39 is 12.7 Å². The Kier molecular flexibility index (Phi) is 6.47. The molecule has 0 aliphatic carbocycles. The molecule has 0 bridgehead atoms. The van der Waals surface area contributed by atoms with Crippen LogP contribution in [0.5, 0.6) is 5.75 Å². The van der Waals surface area contributed by atoms with Crippen LogP contribution < -0.4 is 10.1 Å². The molecule has 2 rings (SSSR count). The SMILES string of the molecule is COc1ccc(CN(CC(F)(F)F)C(=S)Nc2cc(C)ccc2C)cc1. The molecule has 0 aromatic heterocycles. The summed E-state index contributed by atoms with van der Waals surface area (Å²) >= 11 is 5.27. The van der Waals surface area contributed by atoms with Gasteiger partial charge in [0.25, 0.3) is 0 Å². The lowest BCUT2D eigenvalue weighted by molar-refractivity contribution is -0.138. The number of benzene rings is 2. The standard InChI is InChI=1S/C19H21F3N2OS/c1-13-4-5-14(2)17(10-13)23-18(26)24(12-19(20,21)22)11-15-6-8-16(25-3)9-7-15/h4-10H,11-12H2,1-3H3,(H,23,26). The number of methoxy groups -OCH3 is 1. The topological polar surface area (TPSA) is 24.5 Å². The monoisotopic (exact) mass is 382 g/mol. The van der Waals surface area contributed by atoms with E-state index in [1.54, 1.807) is 24.3 Å². The lowest BCUT2D eigenvalue weighted by atomic mass is 10.1. The fourth-order valence-corrected chi connectivity index (χ4v) is 2.67. The van der Waals surface area contributed by atoms with Crippen molar-refractivity contribution in [2.24, 2.45) is 0 Å². The van der Waals surface area contributed by atoms with Gasteiger partial charge >= 0.3 is 6.18 Å². The molecule has 0 saturated heterocycles. The summed E-state index contributed by atoms with van der Waals surface area (Å²) in [5.74, 6) is 0.646. The Hall–Kier alpha value is -2.28. The highest BCUT2D eigenvalue weighted by atomic mass is 32.1. The maximum atomic E-state index is 13.0. The molecule has 0 unspecified atom stereocenters. The minimum absolute atomic E-state index is 0.0341. The summed E-state index contributed by atoms with van der Waals surface area (Å²) in [6, 6.07) is 12.6. The van der Waals surface area contributed by atoms with Gasteiger partial charge in [-0.05, 0) is 61.0 Å². The quantitative estimate of drug-likeness (QED) is 0.730. The van der Waals surface area contributed by atoms with E-state index in [9.17, 15) is 13.2 Å². The zero-order valence-electron chi connectivity index (χ0n) is 14.9. The van der Waals surface area contributed by atoms with Crippen molar-refractivity contribution in [2.45, 2.75) is 26.6 Å². The van der Waals surface area contributed by atoms with Crippen LogP contribution in [0.2, 0.25) is 0 Å². The minimum atomic E-state index is -4.36. The molecule has 0 saturated carbocycles. The summed E-state index contributed by atoms with van der Waals surface area (Å²) in [5, 5.41) is 2.98. The third-order valence-corrected chi connectivity index (χ3v) is 4.18. The molecule has 0 fully saturated rings. The van der Waals surface area contributed by atoms with Crippen LogP contribution in [0.3, 0.4) is 0 Å². The van der Waals surface area contributed by atoms with E-state index in [1.165, 1.54) is 7.11 Å². The average molecular weight is 382 g/mol. The minimum Gasteiger partial charge on any atom is -0.497 e. The molecule has 0 amide bonds. The molecule has 0 spiro atoms. The van der Waals surface area contributed by atoms with Gasteiger partial charge in [-0.2, -0.15) is 13.2 Å². The van der Waals surface area contributed by atoms with Gasteiger partial charge in [-0.1, -0.05) is 24.3 Å². The van der Waals surface area contributed by atoms with Crippen LogP contribution in [-0.2, 0) is 6.54 Å². The van der Waals surface area contributed by atoms with Gasteiger partial charge < -0.3 is 15.0 Å². The van der Waals surface area contributed by atoms with Crippen molar-refractivity contribution in [2.75, 3.05) is 19.0 Å². The predicted molar refractivity (Wildman–Crippen MR) is 102 cm³/mol. The molecule has 1 N–H and O–H groups in total. The Bertz CT molecular complexity index is 760. The van der Waals surface area contributed by atoms with Crippen molar-refractivity contribution in [1.29, 1.82) is 0 Å². The molecule has 0 radical (unpaired) electrons. The number of nitrogens with one attached hydrogen (secondary N) is 1. The van der Waals surface area contributed by atoms with E-state index in [2.05, 4.69) is 5.32 Å². The number of anilines is 1. The van der Waals surface area contributed by atoms with Crippen molar-refractivity contribution in [3.05, 3.63) is 59.2 Å². The zero-order valence-corrected chi connectivity index (χ0v) is 15.7. The van der Waals surface area contributed by atoms with Crippen LogP contribution in [0.25, 0.3) is 0 Å². The Morgan fingerprint density at radius 3 is 2.35 bits per heavy atom. The first-order valence-electron chi connectivity index (χ1n) is 8.01. The van der Waals surface area contributed by atoms with Crippen LogP contribution >= 0.6 is 12.2 Å². The number of rotatable bonds is 5. The smallest absolute Gasteiger partial charge is 0.406 e. The fraction of sp³-hybridized carbons (Fsp3) is 0.316. The summed E-state index contributed by atoms with van der Waals surface area (Å²) in [5.41, 5.74) is 3.32. The van der Waals surface area contributed by atoms with Gasteiger partial charge in [-0.15, -0.1) is 0 Å². The molecular formula is C19H21F3N2OS. The summed E-state index contributed by atoms with van der Waals surface area (Å²) < 4.78 is 44.1. The number of ether oxygens (including phenoxy) is 1. The molecule has 26 heavy (non-hydrogen) atoms. The van der Waals surface area contributed by atoms with Crippen LogP contribution in [-0.4, -0.2) is 29.8 Å².